The normalized spacial score (nSPS) is 12.2. The third-order valence-corrected chi connectivity index (χ3v) is 2.26. The molecule has 1 rings (SSSR count). The van der Waals surface area contributed by atoms with Gasteiger partial charge in [0.05, 0.1) is 6.61 Å². The van der Waals surface area contributed by atoms with E-state index in [-0.39, 0.29) is 12.5 Å². The van der Waals surface area contributed by atoms with Crippen molar-refractivity contribution in [2.24, 2.45) is 11.5 Å². The van der Waals surface area contributed by atoms with Crippen molar-refractivity contribution in [1.29, 1.82) is 0 Å². The minimum absolute atomic E-state index is 0.349. The summed E-state index contributed by atoms with van der Waals surface area (Å²) >= 11 is 0. The van der Waals surface area contributed by atoms with Crippen molar-refractivity contribution in [2.75, 3.05) is 6.61 Å². The molecular weight excluding hydrogens is 206 g/mol. The third-order valence-electron chi connectivity index (χ3n) is 2.26. The van der Waals surface area contributed by atoms with Crippen LogP contribution in [0.5, 0.6) is 0 Å². The molecule has 0 spiro atoms. The highest BCUT2D eigenvalue weighted by Gasteiger charge is 2.10. The van der Waals surface area contributed by atoms with E-state index in [4.69, 9.17) is 16.6 Å². The molecule has 1 aromatic carbocycles. The first-order valence-corrected chi connectivity index (χ1v) is 5.09. The van der Waals surface area contributed by atoms with Crippen molar-refractivity contribution in [1.82, 2.24) is 5.32 Å². The Morgan fingerprint density at radius 3 is 2.38 bits per heavy atom. The van der Waals surface area contributed by atoms with Gasteiger partial charge in [-0.2, -0.15) is 0 Å². The third kappa shape index (κ3) is 3.62. The zero-order chi connectivity index (χ0) is 12.0. The average molecular weight is 223 g/mol. The van der Waals surface area contributed by atoms with Crippen LogP contribution in [-0.2, 0) is 17.9 Å². The van der Waals surface area contributed by atoms with Gasteiger partial charge < -0.3 is 21.9 Å². The number of nitrogens with two attached hydrogens (primary N) is 2. The van der Waals surface area contributed by atoms with Crippen LogP contribution < -0.4 is 16.8 Å². The lowest BCUT2D eigenvalue weighted by atomic mass is 10.1. The lowest BCUT2D eigenvalue weighted by Gasteiger charge is -2.09. The van der Waals surface area contributed by atoms with Crippen LogP contribution in [0, 0.1) is 0 Å². The van der Waals surface area contributed by atoms with E-state index in [1.54, 1.807) is 0 Å². The lowest BCUT2D eigenvalue weighted by Crippen LogP contribution is -2.42. The molecule has 5 heteroatoms. The van der Waals surface area contributed by atoms with E-state index in [1.807, 2.05) is 24.3 Å². The molecule has 1 aromatic rings. The maximum atomic E-state index is 11.3. The molecule has 0 aliphatic carbocycles. The highest BCUT2D eigenvalue weighted by molar-refractivity contribution is 5.81. The first-order valence-electron chi connectivity index (χ1n) is 5.09. The van der Waals surface area contributed by atoms with E-state index in [0.29, 0.717) is 13.1 Å². The summed E-state index contributed by atoms with van der Waals surface area (Å²) in [6.45, 7) is 0.553. The summed E-state index contributed by atoms with van der Waals surface area (Å²) < 4.78 is 0. The molecule has 0 saturated heterocycles. The SMILES string of the molecule is NCc1ccc(CNC(=O)C(N)CO)cc1. The predicted molar refractivity (Wildman–Crippen MR) is 61.2 cm³/mol. The maximum absolute atomic E-state index is 11.3. The molecule has 0 aliphatic rings. The molecule has 0 saturated carbocycles. The Morgan fingerprint density at radius 2 is 1.88 bits per heavy atom. The second kappa shape index (κ2) is 6.22. The van der Waals surface area contributed by atoms with Crippen LogP contribution >= 0.6 is 0 Å². The van der Waals surface area contributed by atoms with Crippen molar-refractivity contribution in [3.05, 3.63) is 35.4 Å². The highest BCUT2D eigenvalue weighted by atomic mass is 16.3. The molecule has 0 fully saturated rings. The molecule has 1 amide bonds. The smallest absolute Gasteiger partial charge is 0.239 e. The molecule has 1 unspecified atom stereocenters. The van der Waals surface area contributed by atoms with Gasteiger partial charge in [0.1, 0.15) is 6.04 Å². The number of benzene rings is 1. The van der Waals surface area contributed by atoms with Crippen LogP contribution in [0.1, 0.15) is 11.1 Å². The molecule has 0 aromatic heterocycles. The monoisotopic (exact) mass is 223 g/mol. The molecule has 6 N–H and O–H groups in total. The summed E-state index contributed by atoms with van der Waals surface area (Å²) in [6, 6.07) is 6.75. The Morgan fingerprint density at radius 1 is 1.31 bits per heavy atom. The van der Waals surface area contributed by atoms with Gasteiger partial charge in [0.2, 0.25) is 5.91 Å². The summed E-state index contributed by atoms with van der Waals surface area (Å²) in [5, 5.41) is 11.3. The number of hydrogen-bond donors (Lipinski definition) is 4. The van der Waals surface area contributed by atoms with E-state index < -0.39 is 6.04 Å². The molecule has 0 heterocycles. The van der Waals surface area contributed by atoms with Crippen molar-refractivity contribution >= 4 is 5.91 Å². The van der Waals surface area contributed by atoms with E-state index in [0.717, 1.165) is 11.1 Å². The van der Waals surface area contributed by atoms with Crippen LogP contribution in [-0.4, -0.2) is 23.7 Å². The van der Waals surface area contributed by atoms with Crippen molar-refractivity contribution in [3.8, 4) is 0 Å². The fourth-order valence-corrected chi connectivity index (χ4v) is 1.20. The van der Waals surface area contributed by atoms with Crippen molar-refractivity contribution in [2.45, 2.75) is 19.1 Å². The molecule has 1 atom stereocenters. The second-order valence-corrected chi connectivity index (χ2v) is 3.53. The fourth-order valence-electron chi connectivity index (χ4n) is 1.20. The van der Waals surface area contributed by atoms with Gasteiger partial charge in [-0.3, -0.25) is 4.79 Å². The van der Waals surface area contributed by atoms with Gasteiger partial charge in [-0.1, -0.05) is 24.3 Å². The molecular formula is C11H17N3O2. The van der Waals surface area contributed by atoms with Gasteiger partial charge in [-0.25, -0.2) is 0 Å². The Kier molecular flexibility index (Phi) is 4.91. The Balaban J connectivity index is 2.45. The van der Waals surface area contributed by atoms with E-state index in [1.165, 1.54) is 0 Å². The topological polar surface area (TPSA) is 101 Å². The quantitative estimate of drug-likeness (QED) is 0.518. The summed E-state index contributed by atoms with van der Waals surface area (Å²) in [4.78, 5) is 11.3. The first-order chi connectivity index (χ1) is 7.67. The summed E-state index contributed by atoms with van der Waals surface area (Å²) in [7, 11) is 0. The minimum Gasteiger partial charge on any atom is -0.394 e. The van der Waals surface area contributed by atoms with Gasteiger partial charge in [0, 0.05) is 13.1 Å². The van der Waals surface area contributed by atoms with Crippen LogP contribution in [0.25, 0.3) is 0 Å². The van der Waals surface area contributed by atoms with Gasteiger partial charge in [0.15, 0.2) is 0 Å². The first kappa shape index (κ1) is 12.6. The van der Waals surface area contributed by atoms with E-state index in [2.05, 4.69) is 5.32 Å². The van der Waals surface area contributed by atoms with E-state index >= 15 is 0 Å². The van der Waals surface area contributed by atoms with Crippen molar-refractivity contribution in [3.63, 3.8) is 0 Å². The Bertz CT molecular complexity index is 338. The zero-order valence-corrected chi connectivity index (χ0v) is 9.02. The lowest BCUT2D eigenvalue weighted by molar-refractivity contribution is -0.123. The largest absolute Gasteiger partial charge is 0.394 e. The maximum Gasteiger partial charge on any atom is 0.239 e. The number of amides is 1. The zero-order valence-electron chi connectivity index (χ0n) is 9.02. The summed E-state index contributed by atoms with van der Waals surface area (Å²) in [5.74, 6) is -0.356. The molecule has 5 nitrogen and oxygen atoms in total. The average Bonchev–Trinajstić information content (AvgIpc) is 2.35. The molecule has 0 radical (unpaired) electrons. The summed E-state index contributed by atoms with van der Waals surface area (Å²) in [5.41, 5.74) is 12.8. The number of carbonyl (C=O) groups is 1. The van der Waals surface area contributed by atoms with Crippen LogP contribution in [0.2, 0.25) is 0 Å². The van der Waals surface area contributed by atoms with Gasteiger partial charge in [-0.05, 0) is 11.1 Å². The number of rotatable bonds is 5. The molecule has 88 valence electrons. The number of hydrogen-bond acceptors (Lipinski definition) is 4. The predicted octanol–water partition coefficient (Wildman–Crippen LogP) is -0.919. The fraction of sp³-hybridized carbons (Fsp3) is 0.364. The van der Waals surface area contributed by atoms with Gasteiger partial charge in [-0.15, -0.1) is 0 Å². The number of aliphatic hydroxyl groups excluding tert-OH is 1. The second-order valence-electron chi connectivity index (χ2n) is 3.53. The summed E-state index contributed by atoms with van der Waals surface area (Å²) in [6.07, 6.45) is 0. The van der Waals surface area contributed by atoms with Crippen LogP contribution in [0.4, 0.5) is 0 Å². The number of carbonyl (C=O) groups excluding carboxylic acids is 1. The van der Waals surface area contributed by atoms with Crippen LogP contribution in [0.15, 0.2) is 24.3 Å². The van der Waals surface area contributed by atoms with Gasteiger partial charge >= 0.3 is 0 Å². The minimum atomic E-state index is -0.858. The van der Waals surface area contributed by atoms with Crippen molar-refractivity contribution < 1.29 is 9.90 Å². The van der Waals surface area contributed by atoms with Gasteiger partial charge in [0.25, 0.3) is 0 Å². The molecule has 16 heavy (non-hydrogen) atoms. The Labute approximate surface area is 94.4 Å². The number of aliphatic hydroxyl groups is 1. The Hall–Kier alpha value is -1.43. The molecule has 0 bridgehead atoms. The number of nitrogens with one attached hydrogen (secondary N) is 1. The van der Waals surface area contributed by atoms with E-state index in [9.17, 15) is 4.79 Å². The highest BCUT2D eigenvalue weighted by Crippen LogP contribution is 2.03. The van der Waals surface area contributed by atoms with Crippen LogP contribution in [0.3, 0.4) is 0 Å². The standard InChI is InChI=1S/C11H17N3O2/c12-5-8-1-3-9(4-2-8)6-14-11(16)10(13)7-15/h1-4,10,15H,5-7,12-13H2,(H,14,16). The molecule has 0 aliphatic heterocycles.